The largest absolute Gasteiger partial charge is 0.369 e. The van der Waals surface area contributed by atoms with Gasteiger partial charge in [0.25, 0.3) is 0 Å². The lowest BCUT2D eigenvalue weighted by Gasteiger charge is -2.35. The minimum atomic E-state index is -0.297. The summed E-state index contributed by atoms with van der Waals surface area (Å²) in [5.41, 5.74) is 4.89. The average molecular weight is 498 g/mol. The lowest BCUT2D eigenvalue weighted by Crippen LogP contribution is -2.47. The third-order valence-corrected chi connectivity index (χ3v) is 6.35. The molecule has 1 aliphatic rings. The third kappa shape index (κ3) is 5.73. The summed E-state index contributed by atoms with van der Waals surface area (Å²) in [6.45, 7) is 7.22. The molecule has 0 saturated carbocycles. The number of carbonyl (C=O) groups excluding carboxylic acids is 1. The van der Waals surface area contributed by atoms with E-state index < -0.39 is 0 Å². The molecule has 8 nitrogen and oxygen atoms in total. The summed E-state index contributed by atoms with van der Waals surface area (Å²) in [6, 6.07) is 17.5. The van der Waals surface area contributed by atoms with Gasteiger partial charge in [0.15, 0.2) is 0 Å². The van der Waals surface area contributed by atoms with Crippen molar-refractivity contribution in [2.24, 2.45) is 0 Å². The van der Waals surface area contributed by atoms with Gasteiger partial charge >= 0.3 is 0 Å². The molecule has 4 aromatic rings. The summed E-state index contributed by atoms with van der Waals surface area (Å²) >= 11 is 0. The number of halogens is 1. The molecule has 2 N–H and O–H groups in total. The number of fused-ring (bicyclic) bond motifs is 1. The van der Waals surface area contributed by atoms with Crippen LogP contribution in [0.15, 0.2) is 79.6 Å². The number of hydrogen-bond acceptors (Lipinski definition) is 7. The molecule has 188 valence electrons. The molecule has 0 atom stereocenters. The highest BCUT2D eigenvalue weighted by atomic mass is 19.1. The highest BCUT2D eigenvalue weighted by Gasteiger charge is 2.17. The number of amides is 1. The number of piperazine rings is 1. The van der Waals surface area contributed by atoms with Crippen LogP contribution in [0.25, 0.3) is 22.2 Å². The minimum absolute atomic E-state index is 0.276. The fraction of sp³-hybridized carbons (Fsp3) is 0.214. The van der Waals surface area contributed by atoms with E-state index in [1.165, 1.54) is 6.08 Å². The number of nitrogens with one attached hydrogen (secondary N) is 2. The van der Waals surface area contributed by atoms with Crippen molar-refractivity contribution in [3.8, 4) is 11.3 Å². The second-order valence-corrected chi connectivity index (χ2v) is 8.75. The lowest BCUT2D eigenvalue weighted by atomic mass is 10.1. The Labute approximate surface area is 214 Å². The van der Waals surface area contributed by atoms with Crippen LogP contribution in [0, 0.1) is 0 Å². The van der Waals surface area contributed by atoms with Crippen LogP contribution in [0.1, 0.15) is 0 Å². The Morgan fingerprint density at radius 3 is 2.59 bits per heavy atom. The second kappa shape index (κ2) is 11.1. The summed E-state index contributed by atoms with van der Waals surface area (Å²) in [6.07, 6.45) is 4.72. The van der Waals surface area contributed by atoms with Crippen molar-refractivity contribution in [1.82, 2.24) is 19.9 Å². The molecular formula is C28H28FN7O. The van der Waals surface area contributed by atoms with Gasteiger partial charge in [-0.15, -0.1) is 0 Å². The summed E-state index contributed by atoms with van der Waals surface area (Å²) in [4.78, 5) is 30.0. The van der Waals surface area contributed by atoms with Crippen molar-refractivity contribution in [2.45, 2.75) is 0 Å². The first-order valence-electron chi connectivity index (χ1n) is 12.2. The highest BCUT2D eigenvalue weighted by molar-refractivity contribution is 5.99. The number of benzene rings is 2. The maximum absolute atomic E-state index is 12.6. The van der Waals surface area contributed by atoms with Crippen molar-refractivity contribution in [3.05, 3.63) is 79.6 Å². The van der Waals surface area contributed by atoms with Crippen LogP contribution < -0.4 is 15.5 Å². The van der Waals surface area contributed by atoms with Gasteiger partial charge < -0.3 is 15.5 Å². The van der Waals surface area contributed by atoms with Gasteiger partial charge in [-0.05, 0) is 48.5 Å². The molecule has 5 rings (SSSR count). The van der Waals surface area contributed by atoms with E-state index >= 15 is 0 Å². The van der Waals surface area contributed by atoms with Gasteiger partial charge in [-0.25, -0.2) is 14.4 Å². The van der Waals surface area contributed by atoms with Crippen molar-refractivity contribution in [3.63, 3.8) is 0 Å². The summed E-state index contributed by atoms with van der Waals surface area (Å²) in [7, 11) is 0. The number of hydrogen-bond donors (Lipinski definition) is 2. The molecule has 3 heterocycles. The van der Waals surface area contributed by atoms with Crippen LogP contribution in [-0.2, 0) is 4.79 Å². The molecular weight excluding hydrogens is 469 g/mol. The van der Waals surface area contributed by atoms with Gasteiger partial charge in [-0.1, -0.05) is 18.7 Å². The maximum Gasteiger partial charge on any atom is 0.247 e. The molecule has 1 aliphatic heterocycles. The van der Waals surface area contributed by atoms with E-state index in [1.807, 2.05) is 42.5 Å². The fourth-order valence-corrected chi connectivity index (χ4v) is 4.40. The van der Waals surface area contributed by atoms with Crippen LogP contribution in [-0.4, -0.2) is 65.2 Å². The molecule has 37 heavy (non-hydrogen) atoms. The summed E-state index contributed by atoms with van der Waals surface area (Å²) in [5, 5.41) is 6.93. The van der Waals surface area contributed by atoms with E-state index in [0.717, 1.165) is 48.5 Å². The van der Waals surface area contributed by atoms with Crippen molar-refractivity contribution in [1.29, 1.82) is 0 Å². The first-order chi connectivity index (χ1) is 18.1. The second-order valence-electron chi connectivity index (χ2n) is 8.75. The minimum Gasteiger partial charge on any atom is -0.369 e. The predicted octanol–water partition coefficient (Wildman–Crippen LogP) is 4.65. The number of rotatable bonds is 8. The van der Waals surface area contributed by atoms with E-state index in [-0.39, 0.29) is 12.6 Å². The predicted molar refractivity (Wildman–Crippen MR) is 146 cm³/mol. The average Bonchev–Trinajstić information content (AvgIpc) is 2.94. The molecule has 0 radical (unpaired) electrons. The van der Waals surface area contributed by atoms with E-state index in [0.29, 0.717) is 29.4 Å². The van der Waals surface area contributed by atoms with Gasteiger partial charge in [0.1, 0.15) is 12.2 Å². The molecule has 2 aromatic carbocycles. The molecule has 1 amide bonds. The zero-order chi connectivity index (χ0) is 25.6. The van der Waals surface area contributed by atoms with Crippen LogP contribution in [0.5, 0.6) is 0 Å². The van der Waals surface area contributed by atoms with Crippen LogP contribution >= 0.6 is 0 Å². The zero-order valence-electron chi connectivity index (χ0n) is 20.4. The van der Waals surface area contributed by atoms with Crippen LogP contribution in [0.2, 0.25) is 0 Å². The summed E-state index contributed by atoms with van der Waals surface area (Å²) < 4.78 is 12.6. The Kier molecular flexibility index (Phi) is 7.32. The molecule has 9 heteroatoms. The van der Waals surface area contributed by atoms with Gasteiger partial charge in [0.2, 0.25) is 11.9 Å². The van der Waals surface area contributed by atoms with Crippen LogP contribution in [0.4, 0.5) is 27.4 Å². The standard InChI is InChI=1S/C28H28FN7O/c1-2-25(37)32-23-5-3-4-20(18-23)26-27-21(10-12-30-26)19-31-28(34-27)33-22-6-8-24(9-7-22)36-16-14-35(13-11-29)15-17-36/h2-10,12,18-19H,1,11,13-17H2,(H,32,37)(H,31,33,34). The molecule has 2 aromatic heterocycles. The molecule has 0 unspecified atom stereocenters. The Balaban J connectivity index is 1.34. The number of anilines is 4. The van der Waals surface area contributed by atoms with E-state index in [1.54, 1.807) is 12.4 Å². The monoisotopic (exact) mass is 497 g/mol. The van der Waals surface area contributed by atoms with Crippen molar-refractivity contribution < 1.29 is 9.18 Å². The molecule has 0 aliphatic carbocycles. The van der Waals surface area contributed by atoms with Crippen molar-refractivity contribution >= 4 is 39.8 Å². The van der Waals surface area contributed by atoms with Gasteiger partial charge in [-0.3, -0.25) is 14.7 Å². The maximum atomic E-state index is 12.6. The summed E-state index contributed by atoms with van der Waals surface area (Å²) in [5.74, 6) is 0.187. The molecule has 1 saturated heterocycles. The SMILES string of the molecule is C=CC(=O)Nc1cccc(-c2nccc3cnc(Nc4ccc(N5CCN(CCF)CC5)cc4)nc23)c1. The Morgan fingerprint density at radius 2 is 1.84 bits per heavy atom. The molecule has 1 fully saturated rings. The van der Waals surface area contributed by atoms with Gasteiger partial charge in [0, 0.05) is 73.1 Å². The smallest absolute Gasteiger partial charge is 0.247 e. The quantitative estimate of drug-likeness (QED) is 0.343. The topological polar surface area (TPSA) is 86.3 Å². The third-order valence-electron chi connectivity index (χ3n) is 6.35. The molecule has 0 bridgehead atoms. The molecule has 0 spiro atoms. The first-order valence-corrected chi connectivity index (χ1v) is 12.2. The fourth-order valence-electron chi connectivity index (χ4n) is 4.40. The van der Waals surface area contributed by atoms with E-state index in [4.69, 9.17) is 4.98 Å². The van der Waals surface area contributed by atoms with Crippen molar-refractivity contribution in [2.75, 3.05) is 54.9 Å². The van der Waals surface area contributed by atoms with E-state index in [2.05, 4.69) is 49.1 Å². The number of alkyl halides is 1. The highest BCUT2D eigenvalue weighted by Crippen LogP contribution is 2.28. The van der Waals surface area contributed by atoms with Gasteiger partial charge in [0.05, 0.1) is 5.69 Å². The number of aromatic nitrogens is 3. The van der Waals surface area contributed by atoms with Gasteiger partial charge in [-0.2, -0.15) is 0 Å². The number of pyridine rings is 1. The Bertz CT molecular complexity index is 1400. The lowest BCUT2D eigenvalue weighted by molar-refractivity contribution is -0.111. The normalized spacial score (nSPS) is 13.9. The number of carbonyl (C=O) groups is 1. The van der Waals surface area contributed by atoms with E-state index in [9.17, 15) is 9.18 Å². The number of nitrogens with zero attached hydrogens (tertiary/aromatic N) is 5. The first kappa shape index (κ1) is 24.3. The van der Waals surface area contributed by atoms with Crippen LogP contribution in [0.3, 0.4) is 0 Å². The Hall–Kier alpha value is -4.37. The zero-order valence-corrected chi connectivity index (χ0v) is 20.4. The Morgan fingerprint density at radius 1 is 1.03 bits per heavy atom.